The molecule has 0 unspecified atom stereocenters. The highest BCUT2D eigenvalue weighted by molar-refractivity contribution is 7.90. The van der Waals surface area contributed by atoms with Gasteiger partial charge in [0.05, 0.1) is 9.79 Å². The Balaban J connectivity index is 2.42. The molecule has 10 heteroatoms. The minimum Gasteiger partial charge on any atom is -0.480 e. The molecule has 1 heterocycles. The van der Waals surface area contributed by atoms with Crippen molar-refractivity contribution in [3.05, 3.63) is 23.8 Å². The maximum Gasteiger partial charge on any atom is 0.321 e. The normalized spacial score (nSPS) is 18.0. The predicted molar refractivity (Wildman–Crippen MR) is 91.2 cm³/mol. The van der Waals surface area contributed by atoms with Crippen LogP contribution in [0.15, 0.2) is 28.0 Å². The number of benzene rings is 1. The van der Waals surface area contributed by atoms with Crippen LogP contribution in [0.4, 0.5) is 0 Å². The third-order valence-electron chi connectivity index (χ3n) is 4.10. The second-order valence-electron chi connectivity index (χ2n) is 6.07. The van der Waals surface area contributed by atoms with Crippen LogP contribution in [0.5, 0.6) is 0 Å². The van der Waals surface area contributed by atoms with E-state index in [4.69, 9.17) is 5.11 Å². The van der Waals surface area contributed by atoms with Gasteiger partial charge in [-0.15, -0.1) is 0 Å². The molecular formula is C15H22N2O6S2. The van der Waals surface area contributed by atoms with Gasteiger partial charge in [0.1, 0.15) is 6.04 Å². The van der Waals surface area contributed by atoms with Crippen LogP contribution in [0.3, 0.4) is 0 Å². The van der Waals surface area contributed by atoms with Crippen molar-refractivity contribution in [2.45, 2.75) is 48.9 Å². The van der Waals surface area contributed by atoms with Crippen LogP contribution in [-0.4, -0.2) is 51.3 Å². The van der Waals surface area contributed by atoms with E-state index in [1.807, 2.05) is 4.72 Å². The second kappa shape index (κ2) is 7.40. The molecule has 1 saturated heterocycles. The molecule has 2 N–H and O–H groups in total. The first-order chi connectivity index (χ1) is 11.6. The van der Waals surface area contributed by atoms with Crippen LogP contribution in [0.25, 0.3) is 0 Å². The van der Waals surface area contributed by atoms with Crippen molar-refractivity contribution in [1.29, 1.82) is 0 Å². The van der Waals surface area contributed by atoms with Gasteiger partial charge in [0.2, 0.25) is 20.0 Å². The molecule has 2 rings (SSSR count). The molecule has 1 atom stereocenters. The first-order valence-electron chi connectivity index (χ1n) is 7.91. The summed E-state index contributed by atoms with van der Waals surface area (Å²) in [6, 6.07) is 2.55. The van der Waals surface area contributed by atoms with E-state index in [-0.39, 0.29) is 9.79 Å². The Hall–Kier alpha value is -1.49. The lowest BCUT2D eigenvalue weighted by Crippen LogP contribution is -2.39. The van der Waals surface area contributed by atoms with Crippen LogP contribution in [0.2, 0.25) is 0 Å². The van der Waals surface area contributed by atoms with E-state index < -0.39 is 32.1 Å². The quantitative estimate of drug-likeness (QED) is 0.745. The number of piperidine rings is 1. The fraction of sp³-hybridized carbons (Fsp3) is 0.533. The van der Waals surface area contributed by atoms with E-state index in [2.05, 4.69) is 0 Å². The van der Waals surface area contributed by atoms with Crippen molar-refractivity contribution in [1.82, 2.24) is 9.03 Å². The largest absolute Gasteiger partial charge is 0.480 e. The summed E-state index contributed by atoms with van der Waals surface area (Å²) in [4.78, 5) is 10.6. The minimum absolute atomic E-state index is 0.108. The average Bonchev–Trinajstić information content (AvgIpc) is 2.55. The molecule has 1 aliphatic rings. The molecule has 0 spiro atoms. The molecule has 140 valence electrons. The smallest absolute Gasteiger partial charge is 0.321 e. The van der Waals surface area contributed by atoms with Crippen molar-refractivity contribution in [2.24, 2.45) is 0 Å². The number of carbonyl (C=O) groups is 1. The minimum atomic E-state index is -4.16. The number of aryl methyl sites for hydroxylation is 1. The maximum atomic E-state index is 12.7. The zero-order chi connectivity index (χ0) is 18.8. The Morgan fingerprint density at radius 3 is 2.32 bits per heavy atom. The molecule has 1 aromatic carbocycles. The number of nitrogens with one attached hydrogen (secondary N) is 1. The molecule has 0 bridgehead atoms. The fourth-order valence-electron chi connectivity index (χ4n) is 2.63. The lowest BCUT2D eigenvalue weighted by atomic mass is 10.2. The number of carboxylic acid groups (broad SMARTS) is 1. The number of nitrogens with zero attached hydrogens (tertiary/aromatic N) is 1. The zero-order valence-corrected chi connectivity index (χ0v) is 15.7. The van der Waals surface area contributed by atoms with Crippen molar-refractivity contribution >= 4 is 26.0 Å². The number of carboxylic acids is 1. The topological polar surface area (TPSA) is 121 Å². The molecule has 0 radical (unpaired) electrons. The van der Waals surface area contributed by atoms with Gasteiger partial charge < -0.3 is 5.11 Å². The van der Waals surface area contributed by atoms with Crippen LogP contribution >= 0.6 is 0 Å². The molecule has 0 saturated carbocycles. The summed E-state index contributed by atoms with van der Waals surface area (Å²) in [5.74, 6) is -1.32. The van der Waals surface area contributed by atoms with Gasteiger partial charge in [-0.25, -0.2) is 16.8 Å². The highest BCUT2D eigenvalue weighted by Gasteiger charge is 2.29. The van der Waals surface area contributed by atoms with E-state index in [9.17, 15) is 21.6 Å². The number of aliphatic carboxylic acids is 1. The van der Waals surface area contributed by atoms with Crippen molar-refractivity contribution in [3.8, 4) is 0 Å². The average molecular weight is 390 g/mol. The Morgan fingerprint density at radius 2 is 1.76 bits per heavy atom. The van der Waals surface area contributed by atoms with Gasteiger partial charge >= 0.3 is 5.97 Å². The van der Waals surface area contributed by atoms with Crippen molar-refractivity contribution in [2.75, 3.05) is 13.1 Å². The molecule has 1 fully saturated rings. The van der Waals surface area contributed by atoms with E-state index >= 15 is 0 Å². The van der Waals surface area contributed by atoms with E-state index in [0.717, 1.165) is 25.3 Å². The third-order valence-corrected chi connectivity index (χ3v) is 7.68. The number of hydrogen-bond acceptors (Lipinski definition) is 5. The Bertz CT molecular complexity index is 858. The first kappa shape index (κ1) is 19.8. The number of sulfonamides is 2. The summed E-state index contributed by atoms with van der Waals surface area (Å²) in [7, 11) is -7.94. The molecule has 0 aromatic heterocycles. The van der Waals surface area contributed by atoms with Crippen molar-refractivity contribution < 1.29 is 26.7 Å². The van der Waals surface area contributed by atoms with Gasteiger partial charge in [-0.2, -0.15) is 9.03 Å². The Kier molecular flexibility index (Phi) is 5.87. The first-order valence-corrected chi connectivity index (χ1v) is 10.8. The molecule has 0 aliphatic carbocycles. The van der Waals surface area contributed by atoms with Gasteiger partial charge in [0.25, 0.3) is 0 Å². The lowest BCUT2D eigenvalue weighted by Gasteiger charge is -2.26. The highest BCUT2D eigenvalue weighted by atomic mass is 32.2. The molecule has 0 amide bonds. The van der Waals surface area contributed by atoms with Crippen LogP contribution < -0.4 is 4.72 Å². The molecule has 25 heavy (non-hydrogen) atoms. The summed E-state index contributed by atoms with van der Waals surface area (Å²) in [6.07, 6.45) is 2.51. The SMILES string of the molecule is Cc1ccc(S(=O)(=O)N2CCCCC2)cc1S(=O)(=O)N[C@@H](C)C(=O)O. The summed E-state index contributed by atoms with van der Waals surface area (Å²) in [5.41, 5.74) is 0.336. The van der Waals surface area contributed by atoms with Crippen molar-refractivity contribution in [3.63, 3.8) is 0 Å². The second-order valence-corrected chi connectivity index (χ2v) is 9.69. The van der Waals surface area contributed by atoms with Gasteiger partial charge in [0, 0.05) is 13.1 Å². The Labute approximate surface area is 147 Å². The van der Waals surface area contributed by atoms with Gasteiger partial charge in [-0.1, -0.05) is 12.5 Å². The monoisotopic (exact) mass is 390 g/mol. The molecule has 1 aliphatic heterocycles. The van der Waals surface area contributed by atoms with E-state index in [1.54, 1.807) is 0 Å². The maximum absolute atomic E-state index is 12.7. The molecular weight excluding hydrogens is 368 g/mol. The summed E-state index contributed by atoms with van der Waals surface area (Å²) >= 11 is 0. The van der Waals surface area contributed by atoms with Crippen LogP contribution in [0, 0.1) is 6.92 Å². The van der Waals surface area contributed by atoms with Crippen LogP contribution in [0.1, 0.15) is 31.7 Å². The van der Waals surface area contributed by atoms with Gasteiger partial charge in [-0.3, -0.25) is 4.79 Å². The number of hydrogen-bond donors (Lipinski definition) is 2. The predicted octanol–water partition coefficient (Wildman–Crippen LogP) is 0.921. The fourth-order valence-corrected chi connectivity index (χ4v) is 5.72. The summed E-state index contributed by atoms with van der Waals surface area (Å²) in [5, 5.41) is 8.89. The number of rotatable bonds is 6. The van der Waals surface area contributed by atoms with Crippen LogP contribution in [-0.2, 0) is 24.8 Å². The lowest BCUT2D eigenvalue weighted by molar-refractivity contribution is -0.138. The summed E-state index contributed by atoms with van der Waals surface area (Å²) in [6.45, 7) is 3.54. The van der Waals surface area contributed by atoms with E-state index in [1.165, 1.54) is 30.3 Å². The Morgan fingerprint density at radius 1 is 1.16 bits per heavy atom. The standard InChI is InChI=1S/C15H22N2O6S2/c1-11-6-7-13(25(22,23)17-8-4-3-5-9-17)10-14(11)24(20,21)16-12(2)15(18)19/h6-7,10,12,16H,3-5,8-9H2,1-2H3,(H,18,19)/t12-/m0/s1. The molecule has 1 aromatic rings. The zero-order valence-electron chi connectivity index (χ0n) is 14.1. The van der Waals surface area contributed by atoms with E-state index in [0.29, 0.717) is 18.7 Å². The van der Waals surface area contributed by atoms with Gasteiger partial charge in [0.15, 0.2) is 0 Å². The summed E-state index contributed by atoms with van der Waals surface area (Å²) < 4.78 is 53.7. The molecule has 8 nitrogen and oxygen atoms in total. The third kappa shape index (κ3) is 4.38. The van der Waals surface area contributed by atoms with Gasteiger partial charge in [-0.05, 0) is 44.4 Å². The highest BCUT2D eigenvalue weighted by Crippen LogP contribution is 2.25.